The Balaban J connectivity index is 1.24. The third-order valence-electron chi connectivity index (χ3n) is 6.40. The predicted molar refractivity (Wildman–Crippen MR) is 105 cm³/mol. The Morgan fingerprint density at radius 3 is 2.81 bits per heavy atom. The highest BCUT2D eigenvalue weighted by Gasteiger charge is 2.47. The molecule has 2 aliphatic carbocycles. The van der Waals surface area contributed by atoms with Crippen molar-refractivity contribution in [2.24, 2.45) is 17.8 Å². The van der Waals surface area contributed by atoms with Crippen molar-refractivity contribution in [2.45, 2.75) is 56.4 Å². The van der Waals surface area contributed by atoms with Gasteiger partial charge in [0, 0.05) is 23.8 Å². The molecule has 0 aromatic heterocycles. The van der Waals surface area contributed by atoms with Gasteiger partial charge in [0.05, 0.1) is 5.75 Å². The van der Waals surface area contributed by atoms with Gasteiger partial charge in [0.2, 0.25) is 11.8 Å². The van der Waals surface area contributed by atoms with Crippen LogP contribution in [0.25, 0.3) is 0 Å². The van der Waals surface area contributed by atoms with Crippen molar-refractivity contribution in [3.8, 4) is 0 Å². The topological polar surface area (TPSA) is 58.2 Å². The zero-order valence-corrected chi connectivity index (χ0v) is 16.0. The fourth-order valence-corrected chi connectivity index (χ4v) is 6.02. The summed E-state index contributed by atoms with van der Waals surface area (Å²) in [5.41, 5.74) is 1.25. The van der Waals surface area contributed by atoms with Crippen LogP contribution in [0.15, 0.2) is 30.3 Å². The Kier molecular flexibility index (Phi) is 5.53. The SMILES string of the molecule is O=C(CSCc1ccccc1)NC1CCC2C(C1)NC(=O)C1CCCC12. The highest BCUT2D eigenvalue weighted by atomic mass is 32.2. The van der Waals surface area contributed by atoms with Gasteiger partial charge in [-0.25, -0.2) is 0 Å². The summed E-state index contributed by atoms with van der Waals surface area (Å²) in [4.78, 5) is 24.6. The minimum atomic E-state index is 0.121. The number of amides is 2. The van der Waals surface area contributed by atoms with Crippen LogP contribution < -0.4 is 10.6 Å². The number of hydrogen-bond donors (Lipinski definition) is 2. The molecule has 26 heavy (non-hydrogen) atoms. The van der Waals surface area contributed by atoms with Crippen LogP contribution in [-0.4, -0.2) is 29.7 Å². The van der Waals surface area contributed by atoms with Crippen LogP contribution in [0.2, 0.25) is 0 Å². The van der Waals surface area contributed by atoms with Crippen molar-refractivity contribution in [2.75, 3.05) is 5.75 Å². The van der Waals surface area contributed by atoms with Gasteiger partial charge in [-0.1, -0.05) is 36.8 Å². The molecule has 2 N–H and O–H groups in total. The number of hydrogen-bond acceptors (Lipinski definition) is 3. The lowest BCUT2D eigenvalue weighted by Gasteiger charge is -2.45. The summed E-state index contributed by atoms with van der Waals surface area (Å²) in [6.45, 7) is 0. The van der Waals surface area contributed by atoms with Gasteiger partial charge in [0.1, 0.15) is 0 Å². The number of fused-ring (bicyclic) bond motifs is 3. The van der Waals surface area contributed by atoms with Gasteiger partial charge in [-0.05, 0) is 49.5 Å². The number of rotatable bonds is 5. The van der Waals surface area contributed by atoms with Crippen LogP contribution in [0.3, 0.4) is 0 Å². The first-order valence-corrected chi connectivity index (χ1v) is 11.1. The summed E-state index contributed by atoms with van der Waals surface area (Å²) in [6.07, 6.45) is 6.56. The number of nitrogens with one attached hydrogen (secondary N) is 2. The summed E-state index contributed by atoms with van der Waals surface area (Å²) in [5.74, 6) is 3.22. The minimum absolute atomic E-state index is 0.121. The summed E-state index contributed by atoms with van der Waals surface area (Å²) in [7, 11) is 0. The molecule has 0 spiro atoms. The normalized spacial score (nSPS) is 33.1. The van der Waals surface area contributed by atoms with Crippen molar-refractivity contribution in [3.63, 3.8) is 0 Å². The van der Waals surface area contributed by atoms with Crippen LogP contribution in [0.4, 0.5) is 0 Å². The van der Waals surface area contributed by atoms with Crippen molar-refractivity contribution in [1.29, 1.82) is 0 Å². The zero-order valence-electron chi connectivity index (χ0n) is 15.2. The first-order valence-electron chi connectivity index (χ1n) is 9.92. The average molecular weight is 373 g/mol. The monoisotopic (exact) mass is 372 g/mol. The average Bonchev–Trinajstić information content (AvgIpc) is 3.13. The van der Waals surface area contributed by atoms with E-state index in [4.69, 9.17) is 0 Å². The molecule has 1 saturated heterocycles. The van der Waals surface area contributed by atoms with E-state index in [9.17, 15) is 9.59 Å². The van der Waals surface area contributed by atoms with E-state index >= 15 is 0 Å². The second kappa shape index (κ2) is 8.03. The Morgan fingerprint density at radius 2 is 1.96 bits per heavy atom. The van der Waals surface area contributed by atoms with Gasteiger partial charge in [-0.3, -0.25) is 9.59 Å². The molecule has 0 radical (unpaired) electrons. The van der Waals surface area contributed by atoms with Gasteiger partial charge < -0.3 is 10.6 Å². The lowest BCUT2D eigenvalue weighted by Crippen LogP contribution is -2.57. The molecule has 1 heterocycles. The number of carbonyl (C=O) groups excluding carboxylic acids is 2. The van der Waals surface area contributed by atoms with E-state index in [2.05, 4.69) is 22.8 Å². The molecule has 3 aliphatic rings. The number of thioether (sulfide) groups is 1. The number of piperidine rings is 1. The molecule has 5 unspecified atom stereocenters. The second-order valence-electron chi connectivity index (χ2n) is 8.04. The maximum Gasteiger partial charge on any atom is 0.230 e. The molecular formula is C21H28N2O2S. The highest BCUT2D eigenvalue weighted by Crippen LogP contribution is 2.46. The molecule has 2 amide bonds. The van der Waals surface area contributed by atoms with Crippen molar-refractivity contribution >= 4 is 23.6 Å². The molecular weight excluding hydrogens is 344 g/mol. The standard InChI is InChI=1S/C21H28N2O2S/c24-20(13-26-12-14-5-2-1-3-6-14)22-15-9-10-17-16-7-4-8-18(16)21(25)23-19(17)11-15/h1-3,5-6,15-19H,4,7-13H2,(H,22,24)(H,23,25). The van der Waals surface area contributed by atoms with Crippen LogP contribution in [-0.2, 0) is 15.3 Å². The second-order valence-corrected chi connectivity index (χ2v) is 9.02. The molecule has 3 fully saturated rings. The fraction of sp³-hybridized carbons (Fsp3) is 0.619. The van der Waals surface area contributed by atoms with Crippen molar-refractivity contribution in [1.82, 2.24) is 10.6 Å². The fourth-order valence-electron chi connectivity index (χ4n) is 5.23. The first kappa shape index (κ1) is 17.9. The number of carbonyl (C=O) groups is 2. The third kappa shape index (κ3) is 3.93. The van der Waals surface area contributed by atoms with Gasteiger partial charge in [0.15, 0.2) is 0 Å². The Bertz CT molecular complexity index is 651. The zero-order chi connectivity index (χ0) is 17.9. The molecule has 2 saturated carbocycles. The summed E-state index contributed by atoms with van der Waals surface area (Å²) >= 11 is 1.66. The lowest BCUT2D eigenvalue weighted by molar-refractivity contribution is -0.132. The smallest absolute Gasteiger partial charge is 0.230 e. The maximum absolute atomic E-state index is 12.3. The quantitative estimate of drug-likeness (QED) is 0.835. The van der Waals surface area contributed by atoms with Gasteiger partial charge in [-0.15, -0.1) is 11.8 Å². The maximum atomic E-state index is 12.3. The molecule has 1 aromatic carbocycles. The molecule has 4 nitrogen and oxygen atoms in total. The predicted octanol–water partition coefficient (Wildman–Crippen LogP) is 3.12. The largest absolute Gasteiger partial charge is 0.353 e. The lowest BCUT2D eigenvalue weighted by atomic mass is 9.68. The van der Waals surface area contributed by atoms with Crippen molar-refractivity contribution in [3.05, 3.63) is 35.9 Å². The Hall–Kier alpha value is -1.49. The Morgan fingerprint density at radius 1 is 1.12 bits per heavy atom. The van der Waals surface area contributed by atoms with Gasteiger partial charge in [-0.2, -0.15) is 0 Å². The van der Waals surface area contributed by atoms with E-state index in [1.807, 2.05) is 18.2 Å². The van der Waals surface area contributed by atoms with Crippen LogP contribution in [0, 0.1) is 17.8 Å². The van der Waals surface area contributed by atoms with Crippen LogP contribution >= 0.6 is 11.8 Å². The highest BCUT2D eigenvalue weighted by molar-refractivity contribution is 7.99. The molecule has 5 atom stereocenters. The van der Waals surface area contributed by atoms with Gasteiger partial charge in [0.25, 0.3) is 0 Å². The van der Waals surface area contributed by atoms with E-state index in [0.717, 1.165) is 31.4 Å². The van der Waals surface area contributed by atoms with E-state index in [1.54, 1.807) is 11.8 Å². The minimum Gasteiger partial charge on any atom is -0.353 e. The van der Waals surface area contributed by atoms with Crippen molar-refractivity contribution < 1.29 is 9.59 Å². The number of benzene rings is 1. The van der Waals surface area contributed by atoms with Gasteiger partial charge >= 0.3 is 0 Å². The van der Waals surface area contributed by atoms with Crippen LogP contribution in [0.5, 0.6) is 0 Å². The van der Waals surface area contributed by atoms with E-state index < -0.39 is 0 Å². The molecule has 1 aromatic rings. The summed E-state index contributed by atoms with van der Waals surface area (Å²) < 4.78 is 0. The summed E-state index contributed by atoms with van der Waals surface area (Å²) in [6, 6.07) is 10.7. The van der Waals surface area contributed by atoms with Crippen LogP contribution in [0.1, 0.15) is 44.1 Å². The Labute approximate surface area is 159 Å². The summed E-state index contributed by atoms with van der Waals surface area (Å²) in [5, 5.41) is 6.46. The molecule has 140 valence electrons. The third-order valence-corrected chi connectivity index (χ3v) is 7.40. The van der Waals surface area contributed by atoms with E-state index in [0.29, 0.717) is 17.6 Å². The molecule has 0 bridgehead atoms. The van der Waals surface area contributed by atoms with E-state index in [1.165, 1.54) is 18.4 Å². The molecule has 4 rings (SSSR count). The first-order chi connectivity index (χ1) is 12.7. The molecule has 5 heteroatoms. The van der Waals surface area contributed by atoms with E-state index in [-0.39, 0.29) is 29.8 Å². The molecule has 1 aliphatic heterocycles.